The second kappa shape index (κ2) is 8.19. The van der Waals surface area contributed by atoms with E-state index < -0.39 is 0 Å². The van der Waals surface area contributed by atoms with Gasteiger partial charge in [-0.2, -0.15) is 11.8 Å². The SMILES string of the molecule is CCC/C=C(/CC)CCSC. The third kappa shape index (κ3) is 6.49. The Morgan fingerprint density at radius 3 is 2.55 bits per heavy atom. The van der Waals surface area contributed by atoms with Crippen molar-refractivity contribution >= 4 is 11.8 Å². The molecule has 11 heavy (non-hydrogen) atoms. The Kier molecular flexibility index (Phi) is 8.26. The summed E-state index contributed by atoms with van der Waals surface area (Å²) >= 11 is 1.94. The summed E-state index contributed by atoms with van der Waals surface area (Å²) in [5.74, 6) is 1.28. The molecule has 0 saturated heterocycles. The van der Waals surface area contributed by atoms with Gasteiger partial charge < -0.3 is 0 Å². The van der Waals surface area contributed by atoms with Crippen LogP contribution in [0.1, 0.15) is 39.5 Å². The summed E-state index contributed by atoms with van der Waals surface area (Å²) < 4.78 is 0. The standard InChI is InChI=1S/C10H20S/c1-4-6-7-10(5-2)8-9-11-3/h7H,4-6,8-9H2,1-3H3/b10-7-. The molecule has 0 saturated carbocycles. The van der Waals surface area contributed by atoms with Gasteiger partial charge in [0.15, 0.2) is 0 Å². The van der Waals surface area contributed by atoms with E-state index in [4.69, 9.17) is 0 Å². The lowest BCUT2D eigenvalue weighted by Crippen LogP contribution is -1.84. The van der Waals surface area contributed by atoms with Crippen molar-refractivity contribution in [3.63, 3.8) is 0 Å². The minimum absolute atomic E-state index is 1.24. The fourth-order valence-corrected chi connectivity index (χ4v) is 1.47. The summed E-state index contributed by atoms with van der Waals surface area (Å²) in [6, 6.07) is 0. The van der Waals surface area contributed by atoms with Crippen molar-refractivity contribution < 1.29 is 0 Å². The van der Waals surface area contributed by atoms with Crippen molar-refractivity contribution in [3.05, 3.63) is 11.6 Å². The average Bonchev–Trinajstić information content (AvgIpc) is 2.05. The van der Waals surface area contributed by atoms with E-state index in [2.05, 4.69) is 26.2 Å². The molecular weight excluding hydrogens is 152 g/mol. The van der Waals surface area contributed by atoms with Crippen LogP contribution in [0.5, 0.6) is 0 Å². The second-order valence-electron chi connectivity index (χ2n) is 2.75. The van der Waals surface area contributed by atoms with Crippen molar-refractivity contribution in [1.29, 1.82) is 0 Å². The normalized spacial score (nSPS) is 12.1. The predicted octanol–water partition coefficient (Wildman–Crippen LogP) is 3.88. The molecule has 0 aromatic carbocycles. The molecule has 0 aromatic rings. The van der Waals surface area contributed by atoms with Gasteiger partial charge in [0.05, 0.1) is 0 Å². The van der Waals surface area contributed by atoms with Crippen LogP contribution in [0.4, 0.5) is 0 Å². The van der Waals surface area contributed by atoms with Crippen molar-refractivity contribution in [3.8, 4) is 0 Å². The molecule has 0 rings (SSSR count). The minimum atomic E-state index is 1.24. The molecule has 0 unspecified atom stereocenters. The number of hydrogen-bond acceptors (Lipinski definition) is 1. The second-order valence-corrected chi connectivity index (χ2v) is 3.73. The summed E-state index contributed by atoms with van der Waals surface area (Å²) in [5, 5.41) is 0. The van der Waals surface area contributed by atoms with Crippen LogP contribution in [0.3, 0.4) is 0 Å². The molecule has 0 amide bonds. The van der Waals surface area contributed by atoms with Gasteiger partial charge in [0.1, 0.15) is 0 Å². The number of hydrogen-bond donors (Lipinski definition) is 0. The maximum absolute atomic E-state index is 2.41. The van der Waals surface area contributed by atoms with E-state index in [1.54, 1.807) is 5.57 Å². The molecule has 0 bridgehead atoms. The molecule has 0 aliphatic heterocycles. The van der Waals surface area contributed by atoms with Gasteiger partial charge in [-0.05, 0) is 31.3 Å². The van der Waals surface area contributed by atoms with E-state index in [1.165, 1.54) is 31.4 Å². The molecule has 0 atom stereocenters. The quantitative estimate of drug-likeness (QED) is 0.548. The van der Waals surface area contributed by atoms with Crippen molar-refractivity contribution in [2.45, 2.75) is 39.5 Å². The van der Waals surface area contributed by atoms with Crippen LogP contribution >= 0.6 is 11.8 Å². The Morgan fingerprint density at radius 1 is 1.36 bits per heavy atom. The zero-order chi connectivity index (χ0) is 8.53. The Bertz CT molecular complexity index is 105. The van der Waals surface area contributed by atoms with E-state index >= 15 is 0 Å². The maximum atomic E-state index is 2.41. The van der Waals surface area contributed by atoms with Crippen LogP contribution < -0.4 is 0 Å². The zero-order valence-electron chi connectivity index (χ0n) is 8.02. The van der Waals surface area contributed by atoms with Crippen LogP contribution in [0.2, 0.25) is 0 Å². The van der Waals surface area contributed by atoms with E-state index in [1.807, 2.05) is 11.8 Å². The number of rotatable bonds is 6. The summed E-state index contributed by atoms with van der Waals surface area (Å²) in [7, 11) is 0. The first-order valence-corrected chi connectivity index (χ1v) is 5.91. The molecule has 0 aromatic heterocycles. The smallest absolute Gasteiger partial charge is 0.00330 e. The monoisotopic (exact) mass is 172 g/mol. The number of thioether (sulfide) groups is 1. The molecule has 0 fully saturated rings. The first-order valence-electron chi connectivity index (χ1n) is 4.52. The summed E-state index contributed by atoms with van der Waals surface area (Å²) in [4.78, 5) is 0. The topological polar surface area (TPSA) is 0 Å². The van der Waals surface area contributed by atoms with Crippen LogP contribution in [-0.2, 0) is 0 Å². The van der Waals surface area contributed by atoms with Gasteiger partial charge in [-0.3, -0.25) is 0 Å². The van der Waals surface area contributed by atoms with Crippen LogP contribution in [0.15, 0.2) is 11.6 Å². The van der Waals surface area contributed by atoms with Gasteiger partial charge in [0.2, 0.25) is 0 Å². The lowest BCUT2D eigenvalue weighted by atomic mass is 10.1. The predicted molar refractivity (Wildman–Crippen MR) is 56.3 cm³/mol. The fraction of sp³-hybridized carbons (Fsp3) is 0.800. The van der Waals surface area contributed by atoms with Crippen LogP contribution in [-0.4, -0.2) is 12.0 Å². The molecule has 0 aliphatic rings. The molecule has 0 radical (unpaired) electrons. The van der Waals surface area contributed by atoms with Gasteiger partial charge in [-0.25, -0.2) is 0 Å². The van der Waals surface area contributed by atoms with Gasteiger partial charge in [0, 0.05) is 0 Å². The van der Waals surface area contributed by atoms with Crippen molar-refractivity contribution in [2.75, 3.05) is 12.0 Å². The lowest BCUT2D eigenvalue weighted by Gasteiger charge is -2.01. The first-order chi connectivity index (χ1) is 5.35. The summed E-state index contributed by atoms with van der Waals surface area (Å²) in [5.41, 5.74) is 1.64. The first kappa shape index (κ1) is 11.1. The van der Waals surface area contributed by atoms with Gasteiger partial charge in [0.25, 0.3) is 0 Å². The summed E-state index contributed by atoms with van der Waals surface area (Å²) in [6.07, 6.45) is 9.65. The largest absolute Gasteiger partial charge is 0.165 e. The van der Waals surface area contributed by atoms with Gasteiger partial charge >= 0.3 is 0 Å². The highest BCUT2D eigenvalue weighted by Gasteiger charge is 1.92. The number of unbranched alkanes of at least 4 members (excludes halogenated alkanes) is 1. The Labute approximate surface area is 75.5 Å². The van der Waals surface area contributed by atoms with E-state index in [0.717, 1.165) is 0 Å². The zero-order valence-corrected chi connectivity index (χ0v) is 8.84. The molecule has 1 heteroatoms. The highest BCUT2D eigenvalue weighted by atomic mass is 32.2. The molecule has 0 nitrogen and oxygen atoms in total. The highest BCUT2D eigenvalue weighted by molar-refractivity contribution is 7.98. The van der Waals surface area contributed by atoms with Crippen molar-refractivity contribution in [2.24, 2.45) is 0 Å². The minimum Gasteiger partial charge on any atom is -0.165 e. The van der Waals surface area contributed by atoms with E-state index in [-0.39, 0.29) is 0 Å². The third-order valence-electron chi connectivity index (χ3n) is 1.80. The molecule has 66 valence electrons. The molecule has 0 N–H and O–H groups in total. The number of allylic oxidation sites excluding steroid dienone is 2. The Balaban J connectivity index is 3.55. The molecule has 0 heterocycles. The van der Waals surface area contributed by atoms with Gasteiger partial charge in [-0.1, -0.05) is 31.9 Å². The average molecular weight is 172 g/mol. The molecular formula is C10H20S. The third-order valence-corrected chi connectivity index (χ3v) is 2.42. The Morgan fingerprint density at radius 2 is 2.09 bits per heavy atom. The fourth-order valence-electron chi connectivity index (χ4n) is 1.00. The van der Waals surface area contributed by atoms with E-state index in [9.17, 15) is 0 Å². The molecule has 0 aliphatic carbocycles. The molecule has 0 spiro atoms. The maximum Gasteiger partial charge on any atom is -0.00330 e. The lowest BCUT2D eigenvalue weighted by molar-refractivity contribution is 0.906. The van der Waals surface area contributed by atoms with Crippen LogP contribution in [0.25, 0.3) is 0 Å². The van der Waals surface area contributed by atoms with E-state index in [0.29, 0.717) is 0 Å². The summed E-state index contributed by atoms with van der Waals surface area (Å²) in [6.45, 7) is 4.49. The Hall–Kier alpha value is 0.0900. The highest BCUT2D eigenvalue weighted by Crippen LogP contribution is 2.11. The van der Waals surface area contributed by atoms with Gasteiger partial charge in [-0.15, -0.1) is 0 Å². The van der Waals surface area contributed by atoms with Crippen molar-refractivity contribution in [1.82, 2.24) is 0 Å². The van der Waals surface area contributed by atoms with Crippen LogP contribution in [0, 0.1) is 0 Å².